The Morgan fingerprint density at radius 3 is 2.63 bits per heavy atom. The Morgan fingerprint density at radius 1 is 1.23 bits per heavy atom. The van der Waals surface area contributed by atoms with Gasteiger partial charge in [0, 0.05) is 30.6 Å². The van der Waals surface area contributed by atoms with Gasteiger partial charge in [0.2, 0.25) is 11.7 Å². The largest absolute Gasteiger partial charge is 0.356 e. The SMILES string of the molecule is CN=C(NCCc1nc(-c2ccc(Cl)cc2)no1)NC(C)c1ccc(C)c(F)c1.I. The number of benzene rings is 2. The van der Waals surface area contributed by atoms with Gasteiger partial charge >= 0.3 is 0 Å². The smallest absolute Gasteiger partial charge is 0.228 e. The molecule has 3 aromatic rings. The summed E-state index contributed by atoms with van der Waals surface area (Å²) >= 11 is 5.90. The summed E-state index contributed by atoms with van der Waals surface area (Å²) in [5, 5.41) is 11.1. The van der Waals surface area contributed by atoms with Gasteiger partial charge in [0.25, 0.3) is 0 Å². The van der Waals surface area contributed by atoms with Crippen LogP contribution in [-0.2, 0) is 6.42 Å². The summed E-state index contributed by atoms with van der Waals surface area (Å²) < 4.78 is 19.1. The summed E-state index contributed by atoms with van der Waals surface area (Å²) in [5.41, 5.74) is 2.32. The molecule has 6 nitrogen and oxygen atoms in total. The van der Waals surface area contributed by atoms with E-state index in [2.05, 4.69) is 25.8 Å². The van der Waals surface area contributed by atoms with Crippen molar-refractivity contribution >= 4 is 41.5 Å². The van der Waals surface area contributed by atoms with Gasteiger partial charge in [-0.1, -0.05) is 28.9 Å². The zero-order valence-corrected chi connectivity index (χ0v) is 20.0. The molecule has 1 aromatic heterocycles. The second-order valence-electron chi connectivity index (χ2n) is 6.64. The minimum Gasteiger partial charge on any atom is -0.356 e. The molecule has 0 aliphatic carbocycles. The zero-order chi connectivity index (χ0) is 20.8. The second-order valence-corrected chi connectivity index (χ2v) is 7.08. The third kappa shape index (κ3) is 6.40. The molecule has 0 spiro atoms. The molecule has 0 saturated heterocycles. The molecule has 2 aromatic carbocycles. The molecule has 0 aliphatic heterocycles. The lowest BCUT2D eigenvalue weighted by Crippen LogP contribution is -2.39. The molecule has 0 radical (unpaired) electrons. The Morgan fingerprint density at radius 2 is 1.97 bits per heavy atom. The maximum Gasteiger partial charge on any atom is 0.228 e. The lowest BCUT2D eigenvalue weighted by molar-refractivity contribution is 0.378. The van der Waals surface area contributed by atoms with Gasteiger partial charge in [-0.2, -0.15) is 4.98 Å². The first-order valence-corrected chi connectivity index (χ1v) is 9.66. The van der Waals surface area contributed by atoms with Crippen LogP contribution in [0, 0.1) is 12.7 Å². The number of hydrogen-bond acceptors (Lipinski definition) is 4. The zero-order valence-electron chi connectivity index (χ0n) is 16.9. The topological polar surface area (TPSA) is 75.3 Å². The molecule has 9 heteroatoms. The first-order chi connectivity index (χ1) is 14.0. The van der Waals surface area contributed by atoms with Gasteiger partial charge in [0.1, 0.15) is 5.82 Å². The van der Waals surface area contributed by atoms with E-state index < -0.39 is 0 Å². The highest BCUT2D eigenvalue weighted by molar-refractivity contribution is 14.0. The van der Waals surface area contributed by atoms with E-state index in [4.69, 9.17) is 16.1 Å². The molecule has 3 rings (SSSR count). The Labute approximate surface area is 197 Å². The minimum atomic E-state index is -0.216. The van der Waals surface area contributed by atoms with Crippen LogP contribution >= 0.6 is 35.6 Å². The third-order valence-electron chi connectivity index (χ3n) is 4.47. The summed E-state index contributed by atoms with van der Waals surface area (Å²) in [4.78, 5) is 8.60. The van der Waals surface area contributed by atoms with Gasteiger partial charge in [-0.25, -0.2) is 4.39 Å². The number of aryl methyl sites for hydroxylation is 1. The number of nitrogens with zero attached hydrogens (tertiary/aromatic N) is 3. The van der Waals surface area contributed by atoms with E-state index >= 15 is 0 Å². The summed E-state index contributed by atoms with van der Waals surface area (Å²) in [6, 6.07) is 12.4. The van der Waals surface area contributed by atoms with Crippen molar-refractivity contribution in [3.8, 4) is 11.4 Å². The molecule has 2 N–H and O–H groups in total. The van der Waals surface area contributed by atoms with E-state index in [0.29, 0.717) is 41.2 Å². The van der Waals surface area contributed by atoms with Crippen LogP contribution in [-0.4, -0.2) is 29.7 Å². The van der Waals surface area contributed by atoms with Gasteiger partial charge in [-0.3, -0.25) is 4.99 Å². The number of nitrogens with one attached hydrogen (secondary N) is 2. The van der Waals surface area contributed by atoms with Crippen molar-refractivity contribution in [3.63, 3.8) is 0 Å². The van der Waals surface area contributed by atoms with Crippen molar-refractivity contribution in [2.45, 2.75) is 26.3 Å². The molecule has 160 valence electrons. The standard InChI is InChI=1S/C21H23ClFN5O.HI/c1-13-4-5-16(12-18(13)23)14(2)26-21(24-3)25-11-10-19-27-20(28-29-19)15-6-8-17(22)9-7-15;/h4-9,12,14H,10-11H2,1-3H3,(H2,24,25,26);1H. The molecule has 30 heavy (non-hydrogen) atoms. The molecule has 0 fully saturated rings. The van der Waals surface area contributed by atoms with Crippen molar-refractivity contribution in [1.29, 1.82) is 0 Å². The van der Waals surface area contributed by atoms with Crippen molar-refractivity contribution in [2.24, 2.45) is 4.99 Å². The van der Waals surface area contributed by atoms with Crippen molar-refractivity contribution in [3.05, 3.63) is 70.3 Å². The fourth-order valence-electron chi connectivity index (χ4n) is 2.72. The summed E-state index contributed by atoms with van der Waals surface area (Å²) in [6.07, 6.45) is 0.537. The third-order valence-corrected chi connectivity index (χ3v) is 4.73. The van der Waals surface area contributed by atoms with Crippen LogP contribution in [0.5, 0.6) is 0 Å². The molecule has 1 unspecified atom stereocenters. The van der Waals surface area contributed by atoms with Crippen LogP contribution in [0.15, 0.2) is 52.0 Å². The maximum absolute atomic E-state index is 13.8. The van der Waals surface area contributed by atoms with Crippen LogP contribution in [0.1, 0.15) is 30.0 Å². The van der Waals surface area contributed by atoms with Gasteiger partial charge in [-0.15, -0.1) is 24.0 Å². The van der Waals surface area contributed by atoms with Gasteiger partial charge in [0.15, 0.2) is 5.96 Å². The Hall–Kier alpha value is -2.20. The number of guanidine groups is 1. The van der Waals surface area contributed by atoms with E-state index in [1.54, 1.807) is 32.2 Å². The van der Waals surface area contributed by atoms with E-state index in [0.717, 1.165) is 11.1 Å². The fraction of sp³-hybridized carbons (Fsp3) is 0.286. The fourth-order valence-corrected chi connectivity index (χ4v) is 2.85. The number of halogens is 3. The van der Waals surface area contributed by atoms with E-state index in [1.165, 1.54) is 6.07 Å². The first kappa shape index (κ1) is 24.1. The van der Waals surface area contributed by atoms with E-state index in [9.17, 15) is 4.39 Å². The molecule has 0 bridgehead atoms. The highest BCUT2D eigenvalue weighted by Gasteiger charge is 2.11. The van der Waals surface area contributed by atoms with E-state index in [-0.39, 0.29) is 35.8 Å². The predicted octanol–water partition coefficient (Wildman–Crippen LogP) is 4.92. The second kappa shape index (κ2) is 11.3. The molecule has 0 amide bonds. The van der Waals surface area contributed by atoms with Gasteiger partial charge < -0.3 is 15.2 Å². The first-order valence-electron chi connectivity index (χ1n) is 9.28. The van der Waals surface area contributed by atoms with Crippen LogP contribution in [0.3, 0.4) is 0 Å². The highest BCUT2D eigenvalue weighted by atomic mass is 127. The van der Waals surface area contributed by atoms with E-state index in [1.807, 2.05) is 25.1 Å². The summed E-state index contributed by atoms with van der Waals surface area (Å²) in [5.74, 6) is 1.43. The van der Waals surface area contributed by atoms with Gasteiger partial charge in [0.05, 0.1) is 6.04 Å². The molecule has 0 aliphatic rings. The number of hydrogen-bond donors (Lipinski definition) is 2. The number of aliphatic imine (C=N–C) groups is 1. The number of rotatable bonds is 6. The quantitative estimate of drug-likeness (QED) is 0.262. The lowest BCUT2D eigenvalue weighted by Gasteiger charge is -2.18. The average Bonchev–Trinajstić information content (AvgIpc) is 3.18. The van der Waals surface area contributed by atoms with Crippen molar-refractivity contribution in [2.75, 3.05) is 13.6 Å². The Kier molecular flexibility index (Phi) is 9.04. The molecule has 1 heterocycles. The van der Waals surface area contributed by atoms with Crippen LogP contribution in [0.25, 0.3) is 11.4 Å². The monoisotopic (exact) mass is 543 g/mol. The average molecular weight is 544 g/mol. The molecule has 1 atom stereocenters. The normalized spacial score (nSPS) is 12.2. The van der Waals surface area contributed by atoms with Crippen molar-refractivity contribution in [1.82, 2.24) is 20.8 Å². The minimum absolute atomic E-state index is 0. The van der Waals surface area contributed by atoms with Crippen LogP contribution in [0.4, 0.5) is 4.39 Å². The lowest BCUT2D eigenvalue weighted by atomic mass is 10.1. The predicted molar refractivity (Wildman–Crippen MR) is 128 cm³/mol. The molecule has 0 saturated carbocycles. The van der Waals surface area contributed by atoms with Crippen LogP contribution < -0.4 is 10.6 Å². The van der Waals surface area contributed by atoms with Crippen molar-refractivity contribution < 1.29 is 8.91 Å². The maximum atomic E-state index is 13.8. The van der Waals surface area contributed by atoms with Gasteiger partial charge in [-0.05, 0) is 55.3 Å². The Balaban J connectivity index is 0.00000320. The highest BCUT2D eigenvalue weighted by Crippen LogP contribution is 2.19. The molecular formula is C21H24ClFIN5O. The molecular weight excluding hydrogens is 520 g/mol. The number of aromatic nitrogens is 2. The van der Waals surface area contributed by atoms with Crippen LogP contribution in [0.2, 0.25) is 5.02 Å². The summed E-state index contributed by atoms with van der Waals surface area (Å²) in [6.45, 7) is 4.25. The Bertz CT molecular complexity index is 993. The summed E-state index contributed by atoms with van der Waals surface area (Å²) in [7, 11) is 1.68.